The molecule has 0 N–H and O–H groups in total. The molecule has 0 radical (unpaired) electrons. The van der Waals surface area contributed by atoms with E-state index in [2.05, 4.69) is 0 Å². The number of para-hydroxylation sites is 1. The lowest BCUT2D eigenvalue weighted by molar-refractivity contribution is -0.133. The van der Waals surface area contributed by atoms with Gasteiger partial charge < -0.3 is 9.80 Å². The number of amides is 2. The molecule has 5 heteroatoms. The average molecular weight is 422 g/mol. The van der Waals surface area contributed by atoms with Gasteiger partial charge >= 0.3 is 0 Å². The number of aromatic nitrogens is 1. The molecule has 0 aliphatic carbocycles. The number of hydrogen-bond acceptors (Lipinski definition) is 3. The van der Waals surface area contributed by atoms with Crippen LogP contribution in [0.2, 0.25) is 0 Å². The standard InChI is InChI=1S/C27H23N3O2/c31-26(19-30-17-22-11-4-6-12-24(22)27(30)32)29(16-20-8-2-1-3-9-20)18-23-15-14-21-10-5-7-13-25(21)28-23/h1-15H,16-19H2. The molecule has 0 atom stereocenters. The summed E-state index contributed by atoms with van der Waals surface area (Å²) in [5.41, 5.74) is 4.42. The normalized spacial score (nSPS) is 12.8. The quantitative estimate of drug-likeness (QED) is 0.463. The minimum absolute atomic E-state index is 0.0495. The van der Waals surface area contributed by atoms with Gasteiger partial charge in [-0.1, -0.05) is 72.8 Å². The van der Waals surface area contributed by atoms with Crippen LogP contribution in [0.15, 0.2) is 91.0 Å². The van der Waals surface area contributed by atoms with Crippen LogP contribution in [-0.4, -0.2) is 33.1 Å². The molecular weight excluding hydrogens is 398 g/mol. The fourth-order valence-corrected chi connectivity index (χ4v) is 4.13. The summed E-state index contributed by atoms with van der Waals surface area (Å²) in [5.74, 6) is -0.178. The van der Waals surface area contributed by atoms with Crippen LogP contribution in [0.5, 0.6) is 0 Å². The third-order valence-corrected chi connectivity index (χ3v) is 5.80. The number of hydrogen-bond donors (Lipinski definition) is 0. The highest BCUT2D eigenvalue weighted by molar-refractivity contribution is 6.00. The summed E-state index contributed by atoms with van der Waals surface area (Å²) in [4.78, 5) is 34.3. The Labute approximate surface area is 186 Å². The minimum Gasteiger partial charge on any atom is -0.331 e. The van der Waals surface area contributed by atoms with Crippen molar-refractivity contribution >= 4 is 22.7 Å². The zero-order chi connectivity index (χ0) is 21.9. The third kappa shape index (κ3) is 4.10. The first-order valence-electron chi connectivity index (χ1n) is 10.7. The van der Waals surface area contributed by atoms with E-state index in [0.29, 0.717) is 25.2 Å². The monoisotopic (exact) mass is 421 g/mol. The molecule has 5 nitrogen and oxygen atoms in total. The fourth-order valence-electron chi connectivity index (χ4n) is 4.13. The maximum atomic E-state index is 13.4. The molecule has 1 aliphatic heterocycles. The van der Waals surface area contributed by atoms with Gasteiger partial charge in [-0.3, -0.25) is 14.6 Å². The summed E-state index contributed by atoms with van der Waals surface area (Å²) in [6.07, 6.45) is 0. The van der Waals surface area contributed by atoms with E-state index in [-0.39, 0.29) is 18.4 Å². The first-order chi connectivity index (χ1) is 15.7. The number of pyridine rings is 1. The summed E-state index contributed by atoms with van der Waals surface area (Å²) >= 11 is 0. The zero-order valence-electron chi connectivity index (χ0n) is 17.6. The molecule has 0 bridgehead atoms. The number of benzene rings is 3. The number of rotatable bonds is 6. The van der Waals surface area contributed by atoms with Crippen molar-refractivity contribution in [2.75, 3.05) is 6.54 Å². The molecular formula is C27H23N3O2. The van der Waals surface area contributed by atoms with Gasteiger partial charge in [0.05, 0.1) is 17.8 Å². The SMILES string of the molecule is O=C(CN1Cc2ccccc2C1=O)N(Cc1ccccc1)Cc1ccc2ccccc2n1. The van der Waals surface area contributed by atoms with Gasteiger partial charge in [0, 0.05) is 24.0 Å². The van der Waals surface area contributed by atoms with Gasteiger partial charge in [-0.25, -0.2) is 0 Å². The van der Waals surface area contributed by atoms with Crippen LogP contribution in [0.3, 0.4) is 0 Å². The first kappa shape index (κ1) is 19.9. The number of fused-ring (bicyclic) bond motifs is 2. The maximum absolute atomic E-state index is 13.4. The highest BCUT2D eigenvalue weighted by Crippen LogP contribution is 2.23. The predicted molar refractivity (Wildman–Crippen MR) is 124 cm³/mol. The van der Waals surface area contributed by atoms with Gasteiger partial charge in [-0.15, -0.1) is 0 Å². The molecule has 2 heterocycles. The Bertz CT molecular complexity index is 1290. The van der Waals surface area contributed by atoms with Gasteiger partial charge in [0.1, 0.15) is 6.54 Å². The molecule has 0 saturated heterocycles. The van der Waals surface area contributed by atoms with Crippen molar-refractivity contribution in [3.05, 3.63) is 113 Å². The molecule has 0 fully saturated rings. The molecule has 3 aromatic carbocycles. The Morgan fingerprint density at radius 2 is 1.59 bits per heavy atom. The first-order valence-corrected chi connectivity index (χ1v) is 10.7. The second-order valence-electron chi connectivity index (χ2n) is 8.05. The van der Waals surface area contributed by atoms with Crippen molar-refractivity contribution in [1.82, 2.24) is 14.8 Å². The highest BCUT2D eigenvalue weighted by atomic mass is 16.2. The molecule has 5 rings (SSSR count). The van der Waals surface area contributed by atoms with Crippen molar-refractivity contribution in [2.24, 2.45) is 0 Å². The van der Waals surface area contributed by atoms with Crippen LogP contribution in [0.25, 0.3) is 10.9 Å². The molecule has 0 saturated carbocycles. The molecule has 1 aromatic heterocycles. The van der Waals surface area contributed by atoms with Crippen molar-refractivity contribution in [3.63, 3.8) is 0 Å². The lowest BCUT2D eigenvalue weighted by Crippen LogP contribution is -2.40. The van der Waals surface area contributed by atoms with Crippen LogP contribution in [0.4, 0.5) is 0 Å². The van der Waals surface area contributed by atoms with E-state index in [0.717, 1.165) is 27.7 Å². The Kier molecular flexibility index (Phi) is 5.38. The van der Waals surface area contributed by atoms with Gasteiger partial charge in [-0.05, 0) is 29.3 Å². The largest absolute Gasteiger partial charge is 0.331 e. The van der Waals surface area contributed by atoms with E-state index < -0.39 is 0 Å². The summed E-state index contributed by atoms with van der Waals surface area (Å²) in [6, 6.07) is 29.4. The molecule has 158 valence electrons. The van der Waals surface area contributed by atoms with Gasteiger partial charge in [-0.2, -0.15) is 0 Å². The zero-order valence-corrected chi connectivity index (χ0v) is 17.6. The summed E-state index contributed by atoms with van der Waals surface area (Å²) in [5, 5.41) is 1.07. The Balaban J connectivity index is 1.38. The summed E-state index contributed by atoms with van der Waals surface area (Å²) in [7, 11) is 0. The summed E-state index contributed by atoms with van der Waals surface area (Å²) in [6.45, 7) is 1.36. The smallest absolute Gasteiger partial charge is 0.254 e. The second kappa shape index (κ2) is 8.63. The van der Waals surface area contributed by atoms with Crippen LogP contribution < -0.4 is 0 Å². The second-order valence-corrected chi connectivity index (χ2v) is 8.05. The third-order valence-electron chi connectivity index (χ3n) is 5.80. The van der Waals surface area contributed by atoms with Crippen molar-refractivity contribution in [2.45, 2.75) is 19.6 Å². The molecule has 0 spiro atoms. The Hall–Kier alpha value is -3.99. The topological polar surface area (TPSA) is 53.5 Å². The summed E-state index contributed by atoms with van der Waals surface area (Å²) < 4.78 is 0. The van der Waals surface area contributed by atoms with Crippen LogP contribution in [0.1, 0.15) is 27.2 Å². The number of carbonyl (C=O) groups is 2. The van der Waals surface area contributed by atoms with E-state index in [1.54, 1.807) is 9.80 Å². The lowest BCUT2D eigenvalue weighted by atomic mass is 10.1. The number of carbonyl (C=O) groups excluding carboxylic acids is 2. The van der Waals surface area contributed by atoms with Crippen LogP contribution in [0, 0.1) is 0 Å². The maximum Gasteiger partial charge on any atom is 0.254 e. The molecule has 0 unspecified atom stereocenters. The lowest BCUT2D eigenvalue weighted by Gasteiger charge is -2.25. The molecule has 4 aromatic rings. The fraction of sp³-hybridized carbons (Fsp3) is 0.148. The predicted octanol–water partition coefficient (Wildman–Crippen LogP) is 4.42. The Morgan fingerprint density at radius 3 is 2.44 bits per heavy atom. The molecule has 2 amide bonds. The van der Waals surface area contributed by atoms with E-state index in [4.69, 9.17) is 4.98 Å². The van der Waals surface area contributed by atoms with Crippen LogP contribution in [-0.2, 0) is 24.4 Å². The van der Waals surface area contributed by atoms with E-state index in [1.165, 1.54) is 0 Å². The number of nitrogens with zero attached hydrogens (tertiary/aromatic N) is 3. The van der Waals surface area contributed by atoms with Gasteiger partial charge in [0.25, 0.3) is 5.91 Å². The van der Waals surface area contributed by atoms with Crippen molar-refractivity contribution < 1.29 is 9.59 Å². The van der Waals surface area contributed by atoms with Crippen molar-refractivity contribution in [1.29, 1.82) is 0 Å². The average Bonchev–Trinajstić information content (AvgIpc) is 3.14. The van der Waals surface area contributed by atoms with E-state index >= 15 is 0 Å². The highest BCUT2D eigenvalue weighted by Gasteiger charge is 2.29. The van der Waals surface area contributed by atoms with E-state index in [1.807, 2.05) is 91.0 Å². The molecule has 32 heavy (non-hydrogen) atoms. The van der Waals surface area contributed by atoms with Crippen molar-refractivity contribution in [3.8, 4) is 0 Å². The van der Waals surface area contributed by atoms with E-state index in [9.17, 15) is 9.59 Å². The van der Waals surface area contributed by atoms with Gasteiger partial charge in [0.15, 0.2) is 0 Å². The Morgan fingerprint density at radius 1 is 0.844 bits per heavy atom. The van der Waals surface area contributed by atoms with Gasteiger partial charge in [0.2, 0.25) is 5.91 Å². The van der Waals surface area contributed by atoms with Crippen LogP contribution >= 0.6 is 0 Å². The molecule has 1 aliphatic rings. The minimum atomic E-state index is -0.0926.